The van der Waals surface area contributed by atoms with Crippen LogP contribution < -0.4 is 4.74 Å². The summed E-state index contributed by atoms with van der Waals surface area (Å²) < 4.78 is 12.4. The third kappa shape index (κ3) is 7.62. The van der Waals surface area contributed by atoms with Gasteiger partial charge in [0.05, 0.1) is 13.2 Å². The number of amides is 1. The first-order chi connectivity index (χ1) is 17.9. The average molecular weight is 523 g/mol. The number of hydrogen-bond donors (Lipinski definition) is 0. The van der Waals surface area contributed by atoms with E-state index in [2.05, 4.69) is 36.1 Å². The molecule has 0 aliphatic carbocycles. The Morgan fingerprint density at radius 1 is 1.14 bits per heavy atom. The summed E-state index contributed by atoms with van der Waals surface area (Å²) in [5.74, 6) is 2.96. The van der Waals surface area contributed by atoms with Crippen LogP contribution in [0.3, 0.4) is 0 Å². The van der Waals surface area contributed by atoms with Gasteiger partial charge in [-0.1, -0.05) is 48.9 Å². The zero-order valence-electron chi connectivity index (χ0n) is 22.3. The molecule has 37 heavy (non-hydrogen) atoms. The van der Waals surface area contributed by atoms with E-state index < -0.39 is 0 Å². The van der Waals surface area contributed by atoms with Gasteiger partial charge < -0.3 is 14.1 Å². The molecule has 2 aromatic carbocycles. The van der Waals surface area contributed by atoms with Crippen molar-refractivity contribution in [1.82, 2.24) is 9.80 Å². The average Bonchev–Trinajstić information content (AvgIpc) is 3.32. The number of likely N-dealkylation sites (tertiary alicyclic amines) is 1. The SMILES string of the molecule is CCCc1ccc(CN2CCC[C@@](COc3ccc(Cl)c(C)c3)(CC(=O)N(C)Cc3ccccc3)C2)o1. The van der Waals surface area contributed by atoms with Crippen molar-refractivity contribution in [3.05, 3.63) is 88.3 Å². The highest BCUT2D eigenvalue weighted by molar-refractivity contribution is 6.31. The van der Waals surface area contributed by atoms with Gasteiger partial charge in [0, 0.05) is 43.4 Å². The molecule has 1 atom stereocenters. The lowest BCUT2D eigenvalue weighted by Crippen LogP contribution is -2.48. The van der Waals surface area contributed by atoms with Gasteiger partial charge in [-0.25, -0.2) is 0 Å². The topological polar surface area (TPSA) is 45.9 Å². The quantitative estimate of drug-likeness (QED) is 0.274. The van der Waals surface area contributed by atoms with E-state index in [1.54, 1.807) is 0 Å². The summed E-state index contributed by atoms with van der Waals surface area (Å²) >= 11 is 6.22. The molecule has 5 nitrogen and oxygen atoms in total. The predicted octanol–water partition coefficient (Wildman–Crippen LogP) is 6.90. The largest absolute Gasteiger partial charge is 0.493 e. The van der Waals surface area contributed by atoms with Gasteiger partial charge in [0.15, 0.2) is 0 Å². The monoisotopic (exact) mass is 522 g/mol. The van der Waals surface area contributed by atoms with Gasteiger partial charge in [-0.3, -0.25) is 9.69 Å². The number of carbonyl (C=O) groups is 1. The first-order valence-electron chi connectivity index (χ1n) is 13.3. The molecule has 1 aromatic heterocycles. The Balaban J connectivity index is 1.48. The standard InChI is InChI=1S/C31H39ClN2O3/c1-4-9-26-12-13-28(37-26)21-34-17-8-16-31(22-34,23-36-27-14-15-29(32)24(2)18-27)19-30(35)33(3)20-25-10-6-5-7-11-25/h5-7,10-15,18H,4,8-9,16-17,19-23H2,1-3H3/t31-/m1/s1. The molecule has 0 radical (unpaired) electrons. The molecule has 6 heteroatoms. The molecule has 1 aliphatic rings. The van der Waals surface area contributed by atoms with Crippen molar-refractivity contribution in [2.75, 3.05) is 26.7 Å². The molecule has 1 saturated heterocycles. The second kappa shape index (κ2) is 12.7. The first-order valence-corrected chi connectivity index (χ1v) is 13.7. The van der Waals surface area contributed by atoms with Crippen LogP contribution in [0.4, 0.5) is 0 Å². The Morgan fingerprint density at radius 3 is 2.68 bits per heavy atom. The van der Waals surface area contributed by atoms with E-state index in [0.717, 1.165) is 78.7 Å². The van der Waals surface area contributed by atoms with Crippen LogP contribution in [0.1, 0.15) is 55.3 Å². The van der Waals surface area contributed by atoms with Gasteiger partial charge in [0.2, 0.25) is 5.91 Å². The summed E-state index contributed by atoms with van der Waals surface area (Å²) in [6.07, 6.45) is 4.43. The highest BCUT2D eigenvalue weighted by Gasteiger charge is 2.39. The summed E-state index contributed by atoms with van der Waals surface area (Å²) in [6, 6.07) is 20.1. The van der Waals surface area contributed by atoms with Gasteiger partial charge in [-0.15, -0.1) is 0 Å². The molecule has 1 aliphatic heterocycles. The Kier molecular flexibility index (Phi) is 9.33. The van der Waals surface area contributed by atoms with Crippen LogP contribution in [-0.4, -0.2) is 42.5 Å². The van der Waals surface area contributed by atoms with Crippen LogP contribution in [0.2, 0.25) is 5.02 Å². The maximum absolute atomic E-state index is 13.5. The predicted molar refractivity (Wildman–Crippen MR) is 149 cm³/mol. The van der Waals surface area contributed by atoms with E-state index in [1.165, 1.54) is 0 Å². The Morgan fingerprint density at radius 2 is 1.92 bits per heavy atom. The summed E-state index contributed by atoms with van der Waals surface area (Å²) in [6.45, 7) is 7.74. The molecule has 198 valence electrons. The number of furan rings is 1. The molecule has 0 N–H and O–H groups in total. The highest BCUT2D eigenvalue weighted by Crippen LogP contribution is 2.36. The number of nitrogens with zero attached hydrogens (tertiary/aromatic N) is 2. The zero-order chi connectivity index (χ0) is 26.3. The third-order valence-electron chi connectivity index (χ3n) is 7.22. The van der Waals surface area contributed by atoms with Crippen molar-refractivity contribution >= 4 is 17.5 Å². The minimum Gasteiger partial charge on any atom is -0.493 e. The van der Waals surface area contributed by atoms with Crippen LogP contribution in [0, 0.1) is 12.3 Å². The molecular weight excluding hydrogens is 484 g/mol. The molecular formula is C31H39ClN2O3. The van der Waals surface area contributed by atoms with E-state index in [-0.39, 0.29) is 11.3 Å². The summed E-state index contributed by atoms with van der Waals surface area (Å²) in [4.78, 5) is 17.7. The van der Waals surface area contributed by atoms with Crippen molar-refractivity contribution in [2.45, 2.75) is 59.0 Å². The van der Waals surface area contributed by atoms with Crippen LogP contribution in [0.25, 0.3) is 0 Å². The zero-order valence-corrected chi connectivity index (χ0v) is 23.1. The lowest BCUT2D eigenvalue weighted by atomic mass is 9.77. The van der Waals surface area contributed by atoms with Crippen molar-refractivity contribution in [3.63, 3.8) is 0 Å². The smallest absolute Gasteiger partial charge is 0.223 e. The second-order valence-corrected chi connectivity index (χ2v) is 11.0. The Hall–Kier alpha value is -2.76. The van der Waals surface area contributed by atoms with E-state index in [9.17, 15) is 4.79 Å². The van der Waals surface area contributed by atoms with Gasteiger partial charge >= 0.3 is 0 Å². The summed E-state index contributed by atoms with van der Waals surface area (Å²) in [7, 11) is 1.89. The normalized spacial score (nSPS) is 18.1. The van der Waals surface area contributed by atoms with E-state index >= 15 is 0 Å². The summed E-state index contributed by atoms with van der Waals surface area (Å²) in [5.41, 5.74) is 1.83. The molecule has 2 heterocycles. The number of piperidine rings is 1. The van der Waals surface area contributed by atoms with Gasteiger partial charge in [0.25, 0.3) is 0 Å². The minimum atomic E-state index is -0.285. The second-order valence-electron chi connectivity index (χ2n) is 10.5. The van der Waals surface area contributed by atoms with Crippen molar-refractivity contribution in [2.24, 2.45) is 5.41 Å². The lowest BCUT2D eigenvalue weighted by molar-refractivity contribution is -0.135. The number of carbonyl (C=O) groups excluding carboxylic acids is 1. The first kappa shape index (κ1) is 27.3. The van der Waals surface area contributed by atoms with Crippen LogP contribution >= 0.6 is 11.6 Å². The van der Waals surface area contributed by atoms with Crippen LogP contribution in [0.5, 0.6) is 5.75 Å². The molecule has 0 bridgehead atoms. The number of halogens is 1. The summed E-state index contributed by atoms with van der Waals surface area (Å²) in [5, 5.41) is 0.726. The number of benzene rings is 2. The molecule has 0 unspecified atom stereocenters. The van der Waals surface area contributed by atoms with E-state index in [0.29, 0.717) is 19.6 Å². The van der Waals surface area contributed by atoms with E-state index in [1.807, 2.05) is 55.3 Å². The number of rotatable bonds is 11. The van der Waals surface area contributed by atoms with Crippen molar-refractivity contribution in [3.8, 4) is 5.75 Å². The van der Waals surface area contributed by atoms with Gasteiger partial charge in [0.1, 0.15) is 17.3 Å². The highest BCUT2D eigenvalue weighted by atomic mass is 35.5. The molecule has 1 amide bonds. The van der Waals surface area contributed by atoms with Gasteiger partial charge in [-0.05, 0) is 74.2 Å². The maximum Gasteiger partial charge on any atom is 0.223 e. The van der Waals surface area contributed by atoms with Gasteiger partial charge in [-0.2, -0.15) is 0 Å². The van der Waals surface area contributed by atoms with Crippen molar-refractivity contribution < 1.29 is 13.9 Å². The fraction of sp³-hybridized carbons (Fsp3) is 0.452. The van der Waals surface area contributed by atoms with Crippen LogP contribution in [0.15, 0.2) is 65.1 Å². The van der Waals surface area contributed by atoms with Crippen molar-refractivity contribution in [1.29, 1.82) is 0 Å². The lowest BCUT2D eigenvalue weighted by Gasteiger charge is -2.42. The van der Waals surface area contributed by atoms with Crippen LogP contribution in [-0.2, 0) is 24.3 Å². The Bertz CT molecular complexity index is 1160. The number of hydrogen-bond acceptors (Lipinski definition) is 4. The molecule has 3 aromatic rings. The molecule has 0 saturated carbocycles. The molecule has 0 spiro atoms. The number of aryl methyl sites for hydroxylation is 2. The molecule has 4 rings (SSSR count). The maximum atomic E-state index is 13.5. The fourth-order valence-electron chi connectivity index (χ4n) is 5.21. The third-order valence-corrected chi connectivity index (χ3v) is 7.65. The number of ether oxygens (including phenoxy) is 1. The fourth-order valence-corrected chi connectivity index (χ4v) is 5.33. The molecule has 1 fully saturated rings. The Labute approximate surface area is 226 Å². The van der Waals surface area contributed by atoms with E-state index in [4.69, 9.17) is 20.8 Å². The minimum absolute atomic E-state index is 0.143.